The van der Waals surface area contributed by atoms with Crippen molar-refractivity contribution < 1.29 is 24.0 Å². The standard InChI is InChI=1S/C16H11Cl2NO6/c1-24-15-5-2-9(6-13(15)19(22)23)16(21)25-8-14(20)11-7-10(17)3-4-12(11)18/h2-7H,8H2,1H3. The second-order valence-corrected chi connectivity index (χ2v) is 5.61. The van der Waals surface area contributed by atoms with Gasteiger partial charge < -0.3 is 9.47 Å². The summed E-state index contributed by atoms with van der Waals surface area (Å²) in [4.78, 5) is 34.4. The average Bonchev–Trinajstić information content (AvgIpc) is 2.60. The predicted molar refractivity (Wildman–Crippen MR) is 90.7 cm³/mol. The number of methoxy groups -OCH3 is 1. The Morgan fingerprint density at radius 2 is 1.88 bits per heavy atom. The van der Waals surface area contributed by atoms with E-state index >= 15 is 0 Å². The zero-order valence-electron chi connectivity index (χ0n) is 12.8. The molecule has 9 heteroatoms. The minimum atomic E-state index is -0.891. The van der Waals surface area contributed by atoms with Crippen LogP contribution in [0.3, 0.4) is 0 Å². The number of Topliss-reactive ketones (excluding diaryl/α,β-unsaturated/α-hetero) is 1. The van der Waals surface area contributed by atoms with E-state index in [1.54, 1.807) is 0 Å². The maximum atomic E-state index is 12.1. The van der Waals surface area contributed by atoms with Gasteiger partial charge in [0.25, 0.3) is 0 Å². The molecule has 0 aliphatic carbocycles. The van der Waals surface area contributed by atoms with Crippen LogP contribution in [0.5, 0.6) is 5.75 Å². The van der Waals surface area contributed by atoms with Crippen LogP contribution >= 0.6 is 23.2 Å². The molecule has 0 aliphatic heterocycles. The van der Waals surface area contributed by atoms with Gasteiger partial charge in [-0.2, -0.15) is 0 Å². The second-order valence-electron chi connectivity index (χ2n) is 4.77. The van der Waals surface area contributed by atoms with Crippen LogP contribution in [0, 0.1) is 10.1 Å². The van der Waals surface area contributed by atoms with Crippen molar-refractivity contribution in [2.24, 2.45) is 0 Å². The van der Waals surface area contributed by atoms with Gasteiger partial charge in [0.1, 0.15) is 0 Å². The van der Waals surface area contributed by atoms with Crippen LogP contribution in [0.25, 0.3) is 0 Å². The van der Waals surface area contributed by atoms with Gasteiger partial charge in [-0.25, -0.2) is 4.79 Å². The number of nitro benzene ring substituents is 1. The first-order chi connectivity index (χ1) is 11.8. The highest BCUT2D eigenvalue weighted by Crippen LogP contribution is 2.28. The fraction of sp³-hybridized carbons (Fsp3) is 0.125. The summed E-state index contributed by atoms with van der Waals surface area (Å²) >= 11 is 11.7. The summed E-state index contributed by atoms with van der Waals surface area (Å²) in [6.45, 7) is -0.585. The number of nitro groups is 1. The molecule has 2 aromatic carbocycles. The lowest BCUT2D eigenvalue weighted by atomic mass is 10.1. The van der Waals surface area contributed by atoms with Gasteiger partial charge in [-0.3, -0.25) is 14.9 Å². The second kappa shape index (κ2) is 7.96. The molecule has 0 bridgehead atoms. The molecule has 130 valence electrons. The van der Waals surface area contributed by atoms with Crippen LogP contribution < -0.4 is 4.74 Å². The van der Waals surface area contributed by atoms with E-state index in [4.69, 9.17) is 32.7 Å². The zero-order chi connectivity index (χ0) is 18.6. The van der Waals surface area contributed by atoms with Crippen LogP contribution in [-0.4, -0.2) is 30.4 Å². The van der Waals surface area contributed by atoms with Gasteiger partial charge in [-0.05, 0) is 30.3 Å². The Morgan fingerprint density at radius 3 is 2.52 bits per heavy atom. The smallest absolute Gasteiger partial charge is 0.338 e. The monoisotopic (exact) mass is 383 g/mol. The largest absolute Gasteiger partial charge is 0.490 e. The SMILES string of the molecule is COc1ccc(C(=O)OCC(=O)c2cc(Cl)ccc2Cl)cc1[N+](=O)[O-]. The van der Waals surface area contributed by atoms with Gasteiger partial charge in [0, 0.05) is 16.7 Å². The van der Waals surface area contributed by atoms with E-state index in [1.807, 2.05) is 0 Å². The first-order valence-corrected chi connectivity index (χ1v) is 7.57. The number of hydrogen-bond donors (Lipinski definition) is 0. The number of carbonyl (C=O) groups excluding carboxylic acids is 2. The minimum Gasteiger partial charge on any atom is -0.490 e. The first-order valence-electron chi connectivity index (χ1n) is 6.81. The van der Waals surface area contributed by atoms with Gasteiger partial charge >= 0.3 is 11.7 Å². The van der Waals surface area contributed by atoms with E-state index in [-0.39, 0.29) is 27.6 Å². The Morgan fingerprint density at radius 1 is 1.16 bits per heavy atom. The van der Waals surface area contributed by atoms with E-state index in [0.29, 0.717) is 5.02 Å². The van der Waals surface area contributed by atoms with E-state index in [0.717, 1.165) is 6.07 Å². The molecule has 0 atom stereocenters. The highest BCUT2D eigenvalue weighted by atomic mass is 35.5. The normalized spacial score (nSPS) is 10.2. The molecular formula is C16H11Cl2NO6. The number of esters is 1. The van der Waals surface area contributed by atoms with E-state index in [1.165, 1.54) is 37.4 Å². The van der Waals surface area contributed by atoms with Gasteiger partial charge in [-0.1, -0.05) is 23.2 Å². The van der Waals surface area contributed by atoms with Crippen molar-refractivity contribution >= 4 is 40.6 Å². The molecule has 2 aromatic rings. The lowest BCUT2D eigenvalue weighted by molar-refractivity contribution is -0.385. The molecular weight excluding hydrogens is 373 g/mol. The lowest BCUT2D eigenvalue weighted by Gasteiger charge is -2.07. The quantitative estimate of drug-likeness (QED) is 0.324. The molecule has 7 nitrogen and oxygen atoms in total. The Labute approximate surface area is 152 Å². The van der Waals surface area contributed by atoms with Crippen LogP contribution in [0.2, 0.25) is 10.0 Å². The maximum absolute atomic E-state index is 12.1. The summed E-state index contributed by atoms with van der Waals surface area (Å²) in [6, 6.07) is 7.90. The molecule has 0 saturated heterocycles. The van der Waals surface area contributed by atoms with Gasteiger partial charge in [0.2, 0.25) is 5.78 Å². The van der Waals surface area contributed by atoms with Crippen molar-refractivity contribution in [3.05, 3.63) is 67.7 Å². The third-order valence-electron chi connectivity index (χ3n) is 3.17. The Bertz CT molecular complexity index is 853. The molecule has 0 spiro atoms. The van der Waals surface area contributed by atoms with E-state index in [9.17, 15) is 19.7 Å². The van der Waals surface area contributed by atoms with E-state index in [2.05, 4.69) is 0 Å². The fourth-order valence-corrected chi connectivity index (χ4v) is 2.36. The molecule has 0 unspecified atom stereocenters. The molecule has 0 radical (unpaired) electrons. The Hall–Kier alpha value is -2.64. The summed E-state index contributed by atoms with van der Waals surface area (Å²) in [5, 5.41) is 11.4. The Balaban J connectivity index is 2.12. The highest BCUT2D eigenvalue weighted by Gasteiger charge is 2.20. The van der Waals surface area contributed by atoms with Crippen molar-refractivity contribution in [3.63, 3.8) is 0 Å². The number of halogens is 2. The fourth-order valence-electron chi connectivity index (χ4n) is 1.96. The molecule has 0 heterocycles. The summed E-state index contributed by atoms with van der Waals surface area (Å²) in [7, 11) is 1.27. The number of ketones is 1. The van der Waals surface area contributed by atoms with E-state index < -0.39 is 23.3 Å². The summed E-state index contributed by atoms with van der Waals surface area (Å²) < 4.78 is 9.74. The molecule has 25 heavy (non-hydrogen) atoms. The van der Waals surface area contributed by atoms with Gasteiger partial charge in [0.15, 0.2) is 12.4 Å². The summed E-state index contributed by atoms with van der Waals surface area (Å²) in [5.41, 5.74) is -0.360. The molecule has 0 N–H and O–H groups in total. The molecule has 2 rings (SSSR count). The third-order valence-corrected chi connectivity index (χ3v) is 3.74. The summed E-state index contributed by atoms with van der Waals surface area (Å²) in [6.07, 6.45) is 0. The van der Waals surface area contributed by atoms with Crippen molar-refractivity contribution in [3.8, 4) is 5.75 Å². The van der Waals surface area contributed by atoms with Crippen molar-refractivity contribution in [2.45, 2.75) is 0 Å². The topological polar surface area (TPSA) is 95.7 Å². The third kappa shape index (κ3) is 4.46. The Kier molecular flexibility index (Phi) is 5.95. The molecule has 0 aromatic heterocycles. The van der Waals surface area contributed by atoms with Crippen molar-refractivity contribution in [1.29, 1.82) is 0 Å². The number of benzene rings is 2. The molecule has 0 aliphatic rings. The maximum Gasteiger partial charge on any atom is 0.338 e. The number of carbonyl (C=O) groups is 2. The van der Waals surface area contributed by atoms with Crippen molar-refractivity contribution in [2.75, 3.05) is 13.7 Å². The zero-order valence-corrected chi connectivity index (χ0v) is 14.3. The predicted octanol–water partition coefficient (Wildman–Crippen LogP) is 3.95. The molecule has 0 saturated carbocycles. The molecule has 0 fully saturated rings. The van der Waals surface area contributed by atoms with Crippen molar-refractivity contribution in [1.82, 2.24) is 0 Å². The number of rotatable bonds is 6. The number of ether oxygens (including phenoxy) is 2. The first kappa shape index (κ1) is 18.7. The van der Waals surface area contributed by atoms with Gasteiger partial charge in [0.05, 0.1) is 22.6 Å². The average molecular weight is 384 g/mol. The van der Waals surface area contributed by atoms with Crippen LogP contribution in [0.1, 0.15) is 20.7 Å². The van der Waals surface area contributed by atoms with Gasteiger partial charge in [-0.15, -0.1) is 0 Å². The van der Waals surface area contributed by atoms with Crippen LogP contribution in [0.15, 0.2) is 36.4 Å². The highest BCUT2D eigenvalue weighted by molar-refractivity contribution is 6.36. The van der Waals surface area contributed by atoms with Crippen LogP contribution in [-0.2, 0) is 4.74 Å². The minimum absolute atomic E-state index is 0.00309. The summed E-state index contributed by atoms with van der Waals surface area (Å²) in [5.74, 6) is -1.44. The van der Waals surface area contributed by atoms with Crippen LogP contribution in [0.4, 0.5) is 5.69 Å². The number of nitrogens with zero attached hydrogens (tertiary/aromatic N) is 1. The number of hydrogen-bond acceptors (Lipinski definition) is 6. The molecule has 0 amide bonds. The lowest BCUT2D eigenvalue weighted by Crippen LogP contribution is -2.15.